The van der Waals surface area contributed by atoms with Gasteiger partial charge in [-0.1, -0.05) is 6.92 Å². The van der Waals surface area contributed by atoms with E-state index in [1.807, 2.05) is 0 Å². The van der Waals surface area contributed by atoms with E-state index < -0.39 is 0 Å². The number of hydrogen-bond donors (Lipinski definition) is 1. The highest BCUT2D eigenvalue weighted by atomic mass is 16.5. The van der Waals surface area contributed by atoms with Gasteiger partial charge in [0.05, 0.1) is 12.2 Å². The standard InChI is InChI=1S/C16H33N3O/c1-5-13(2)18-6-8-19(9-7-18)16(12-17)10-14(3)20-15(4)11-16/h13-15H,5-12,17H2,1-4H3. The Morgan fingerprint density at radius 3 is 2.15 bits per heavy atom. The van der Waals surface area contributed by atoms with Crippen molar-refractivity contribution >= 4 is 0 Å². The van der Waals surface area contributed by atoms with Crippen molar-refractivity contribution in [3.8, 4) is 0 Å². The Morgan fingerprint density at radius 1 is 1.15 bits per heavy atom. The molecule has 0 aliphatic carbocycles. The predicted octanol–water partition coefficient (Wildman–Crippen LogP) is 1.69. The molecule has 20 heavy (non-hydrogen) atoms. The zero-order chi connectivity index (χ0) is 14.8. The van der Waals surface area contributed by atoms with Crippen molar-refractivity contribution in [2.24, 2.45) is 5.73 Å². The smallest absolute Gasteiger partial charge is 0.0568 e. The molecule has 2 heterocycles. The molecule has 0 aromatic heterocycles. The van der Waals surface area contributed by atoms with Crippen molar-refractivity contribution in [1.29, 1.82) is 0 Å². The third-order valence-electron chi connectivity index (χ3n) is 5.38. The molecule has 0 saturated carbocycles. The van der Waals surface area contributed by atoms with Gasteiger partial charge in [-0.15, -0.1) is 0 Å². The van der Waals surface area contributed by atoms with Gasteiger partial charge < -0.3 is 10.5 Å². The van der Waals surface area contributed by atoms with Crippen LogP contribution in [0.1, 0.15) is 47.0 Å². The second kappa shape index (κ2) is 6.73. The Hall–Kier alpha value is -0.160. The molecule has 118 valence electrons. The van der Waals surface area contributed by atoms with Gasteiger partial charge in [-0.05, 0) is 40.0 Å². The molecular weight excluding hydrogens is 250 g/mol. The summed E-state index contributed by atoms with van der Waals surface area (Å²) in [5.41, 5.74) is 6.37. The van der Waals surface area contributed by atoms with E-state index in [9.17, 15) is 0 Å². The van der Waals surface area contributed by atoms with Crippen molar-refractivity contribution in [3.05, 3.63) is 0 Å². The third-order valence-corrected chi connectivity index (χ3v) is 5.38. The van der Waals surface area contributed by atoms with Gasteiger partial charge in [-0.25, -0.2) is 0 Å². The first-order valence-corrected chi connectivity index (χ1v) is 8.35. The maximum atomic E-state index is 6.20. The van der Waals surface area contributed by atoms with Crippen molar-refractivity contribution < 1.29 is 4.74 Å². The molecule has 3 unspecified atom stereocenters. The Bertz CT molecular complexity index is 292. The van der Waals surface area contributed by atoms with Gasteiger partial charge in [0.15, 0.2) is 0 Å². The van der Waals surface area contributed by atoms with E-state index in [1.165, 1.54) is 19.5 Å². The first kappa shape index (κ1) is 16.2. The fourth-order valence-electron chi connectivity index (χ4n) is 4.10. The van der Waals surface area contributed by atoms with Crippen molar-refractivity contribution in [2.45, 2.75) is 70.7 Å². The van der Waals surface area contributed by atoms with Crippen LogP contribution in [0.3, 0.4) is 0 Å². The van der Waals surface area contributed by atoms with Crippen molar-refractivity contribution in [2.75, 3.05) is 32.7 Å². The van der Waals surface area contributed by atoms with E-state index >= 15 is 0 Å². The Balaban J connectivity index is 1.99. The van der Waals surface area contributed by atoms with Crippen LogP contribution in [0.5, 0.6) is 0 Å². The summed E-state index contributed by atoms with van der Waals surface area (Å²) in [4.78, 5) is 5.27. The molecular formula is C16H33N3O. The van der Waals surface area contributed by atoms with Crippen LogP contribution in [0.15, 0.2) is 0 Å². The maximum Gasteiger partial charge on any atom is 0.0568 e. The molecule has 0 bridgehead atoms. The van der Waals surface area contributed by atoms with E-state index in [1.54, 1.807) is 0 Å². The molecule has 0 spiro atoms. The molecule has 0 aromatic carbocycles. The highest BCUT2D eigenvalue weighted by Crippen LogP contribution is 2.34. The summed E-state index contributed by atoms with van der Waals surface area (Å²) in [7, 11) is 0. The van der Waals surface area contributed by atoms with Gasteiger partial charge in [0.2, 0.25) is 0 Å². The van der Waals surface area contributed by atoms with Gasteiger partial charge in [0.1, 0.15) is 0 Å². The van der Waals surface area contributed by atoms with E-state index in [2.05, 4.69) is 37.5 Å². The van der Waals surface area contributed by atoms with Crippen LogP contribution in [0.4, 0.5) is 0 Å². The number of nitrogens with zero attached hydrogens (tertiary/aromatic N) is 2. The fourth-order valence-corrected chi connectivity index (χ4v) is 4.10. The predicted molar refractivity (Wildman–Crippen MR) is 83.9 cm³/mol. The molecule has 2 aliphatic rings. The van der Waals surface area contributed by atoms with Crippen molar-refractivity contribution in [1.82, 2.24) is 9.80 Å². The number of ether oxygens (including phenoxy) is 1. The minimum absolute atomic E-state index is 0.165. The highest BCUT2D eigenvalue weighted by Gasteiger charge is 2.43. The number of hydrogen-bond acceptors (Lipinski definition) is 4. The number of rotatable bonds is 4. The minimum Gasteiger partial charge on any atom is -0.375 e. The van der Waals surface area contributed by atoms with Crippen LogP contribution in [0, 0.1) is 0 Å². The lowest BCUT2D eigenvalue weighted by Gasteiger charge is -2.52. The van der Waals surface area contributed by atoms with Gasteiger partial charge in [-0.3, -0.25) is 9.80 Å². The molecule has 2 saturated heterocycles. The van der Waals surface area contributed by atoms with E-state index in [-0.39, 0.29) is 5.54 Å². The normalized spacial score (nSPS) is 38.9. The minimum atomic E-state index is 0.165. The van der Waals surface area contributed by atoms with Crippen molar-refractivity contribution in [3.63, 3.8) is 0 Å². The van der Waals surface area contributed by atoms with Gasteiger partial charge >= 0.3 is 0 Å². The van der Waals surface area contributed by atoms with Crippen LogP contribution < -0.4 is 5.73 Å². The number of nitrogens with two attached hydrogens (primary N) is 1. The fraction of sp³-hybridized carbons (Fsp3) is 1.00. The summed E-state index contributed by atoms with van der Waals surface area (Å²) in [5, 5.41) is 0. The molecule has 4 nitrogen and oxygen atoms in total. The largest absolute Gasteiger partial charge is 0.375 e. The molecule has 3 atom stereocenters. The Morgan fingerprint density at radius 2 is 1.70 bits per heavy atom. The Labute approximate surface area is 124 Å². The summed E-state index contributed by atoms with van der Waals surface area (Å²) in [5.74, 6) is 0. The summed E-state index contributed by atoms with van der Waals surface area (Å²) in [6.45, 7) is 14.4. The number of piperazine rings is 1. The zero-order valence-corrected chi connectivity index (χ0v) is 13.8. The second-order valence-corrected chi connectivity index (χ2v) is 6.87. The average molecular weight is 283 g/mol. The molecule has 4 heteroatoms. The van der Waals surface area contributed by atoms with Crippen LogP contribution in [0.2, 0.25) is 0 Å². The van der Waals surface area contributed by atoms with Gasteiger partial charge in [0.25, 0.3) is 0 Å². The first-order chi connectivity index (χ1) is 9.50. The molecule has 2 aliphatic heterocycles. The zero-order valence-electron chi connectivity index (χ0n) is 13.8. The molecule has 2 rings (SSSR count). The SMILES string of the molecule is CCC(C)N1CCN(C2(CN)CC(C)OC(C)C2)CC1. The van der Waals surface area contributed by atoms with Crippen LogP contribution in [0.25, 0.3) is 0 Å². The topological polar surface area (TPSA) is 41.7 Å². The molecule has 0 radical (unpaired) electrons. The summed E-state index contributed by atoms with van der Waals surface area (Å²) in [6.07, 6.45) is 4.06. The summed E-state index contributed by atoms with van der Waals surface area (Å²) < 4.78 is 5.92. The third kappa shape index (κ3) is 3.35. The molecule has 2 fully saturated rings. The maximum absolute atomic E-state index is 6.20. The van der Waals surface area contributed by atoms with Gasteiger partial charge in [0, 0.05) is 44.3 Å². The van der Waals surface area contributed by atoms with Crippen LogP contribution in [-0.2, 0) is 4.74 Å². The monoisotopic (exact) mass is 283 g/mol. The van der Waals surface area contributed by atoms with E-state index in [4.69, 9.17) is 10.5 Å². The van der Waals surface area contributed by atoms with E-state index in [0.717, 1.165) is 32.5 Å². The second-order valence-electron chi connectivity index (χ2n) is 6.87. The quantitative estimate of drug-likeness (QED) is 0.852. The first-order valence-electron chi connectivity index (χ1n) is 8.35. The van der Waals surface area contributed by atoms with E-state index in [0.29, 0.717) is 18.2 Å². The molecule has 0 amide bonds. The lowest BCUT2D eigenvalue weighted by molar-refractivity contribution is -0.112. The van der Waals surface area contributed by atoms with Crippen LogP contribution >= 0.6 is 0 Å². The molecule has 2 N–H and O–H groups in total. The summed E-state index contributed by atoms with van der Waals surface area (Å²) >= 11 is 0. The van der Waals surface area contributed by atoms with Gasteiger partial charge in [-0.2, -0.15) is 0 Å². The van der Waals surface area contributed by atoms with Crippen LogP contribution in [-0.4, -0.2) is 66.3 Å². The molecule has 0 aromatic rings. The highest BCUT2D eigenvalue weighted by molar-refractivity contribution is 4.99. The Kier molecular flexibility index (Phi) is 5.46. The summed E-state index contributed by atoms with van der Waals surface area (Å²) in [6, 6.07) is 0.707. The average Bonchev–Trinajstić information content (AvgIpc) is 2.45. The lowest BCUT2D eigenvalue weighted by atomic mass is 9.82. The lowest BCUT2D eigenvalue weighted by Crippen LogP contribution is -2.64.